The highest BCUT2D eigenvalue weighted by molar-refractivity contribution is 7.91. The molecule has 0 amide bonds. The number of nitrogens with zero attached hydrogens (tertiary/aromatic N) is 3. The summed E-state index contributed by atoms with van der Waals surface area (Å²) in [5.74, 6) is 0. The van der Waals surface area contributed by atoms with Gasteiger partial charge < -0.3 is 24.9 Å². The van der Waals surface area contributed by atoms with E-state index >= 15 is 0 Å². The Bertz CT molecular complexity index is 1740. The topological polar surface area (TPSA) is 291 Å². The molecule has 2 fully saturated rings. The van der Waals surface area contributed by atoms with E-state index in [1.165, 1.54) is 83.1 Å². The van der Waals surface area contributed by atoms with E-state index in [1.807, 2.05) is 0 Å². The molecule has 0 radical (unpaired) electrons. The number of carbonyl (C=O) groups is 1. The number of sulfonamides is 5. The van der Waals surface area contributed by atoms with Gasteiger partial charge in [0, 0.05) is 0 Å². The van der Waals surface area contributed by atoms with Crippen molar-refractivity contribution < 1.29 is 66.9 Å². The van der Waals surface area contributed by atoms with Crippen LogP contribution in [0, 0.1) is 0 Å². The summed E-state index contributed by atoms with van der Waals surface area (Å²) >= 11 is 0. The first kappa shape index (κ1) is 54.1. The number of nitrogens with one attached hydrogen (secondary N) is 2. The molecule has 25 heteroatoms. The third kappa shape index (κ3) is 13.5. The number of hydrogen-bond acceptors (Lipinski definition) is 15. The summed E-state index contributed by atoms with van der Waals surface area (Å²) in [5.41, 5.74) is 0. The van der Waals surface area contributed by atoms with E-state index in [-0.39, 0.29) is 19.6 Å². The van der Waals surface area contributed by atoms with Crippen LogP contribution in [0.1, 0.15) is 104 Å². The molecule has 0 aromatic rings. The van der Waals surface area contributed by atoms with Gasteiger partial charge in [0.1, 0.15) is 25.0 Å². The van der Waals surface area contributed by atoms with Crippen molar-refractivity contribution in [3.63, 3.8) is 0 Å². The fourth-order valence-electron chi connectivity index (χ4n) is 4.04. The second kappa shape index (κ2) is 18.1. The van der Waals surface area contributed by atoms with E-state index < -0.39 is 112 Å². The van der Waals surface area contributed by atoms with Crippen molar-refractivity contribution in [2.75, 3.05) is 32.7 Å². The maximum Gasteiger partial charge on any atom is 0.221 e. The molecule has 0 bridgehead atoms. The monoisotopic (exact) mass is 895 g/mol. The molecule has 0 spiro atoms. The molecular weight excluding hydrogens is 831 g/mol. The van der Waals surface area contributed by atoms with Crippen molar-refractivity contribution in [1.82, 2.24) is 22.4 Å². The minimum Gasteiger partial charge on any atom is -0.376 e. The predicted molar refractivity (Wildman–Crippen MR) is 208 cm³/mol. The number of β-amino-alcohol motifs (C(OH)–C–C–N with tert-alkyl or cyclic N) is 3. The molecule has 0 aliphatic carbocycles. The van der Waals surface area contributed by atoms with Crippen LogP contribution in [-0.4, -0.2) is 158 Å². The molecule has 2 heterocycles. The Kier molecular flexibility index (Phi) is 17.8. The number of ether oxygens (including phenoxy) is 1. The van der Waals surface area contributed by atoms with Crippen LogP contribution in [0.2, 0.25) is 0 Å². The van der Waals surface area contributed by atoms with Crippen LogP contribution in [-0.2, 0) is 59.6 Å². The van der Waals surface area contributed by atoms with Gasteiger partial charge in [0.05, 0.1) is 56.5 Å². The molecule has 330 valence electrons. The standard InChI is InChI=1S/2C12H26N2O6S2.C6H13NO3S/c1-11(2,3)21(17,18)13-7-10(16)14(8-9(13)15)22(19,20)12(4,5)6;1-11(2,3)21(16,17)13-7-9-14(8-10(15)20-9)22(18,19)12(4,5)6;1-6(2,3)11(9,10)7-4-5-8/h9-10,15-16H,7-8H2,1-6H3;9-10,13,15H,7-8H2,1-6H3;5,7H,4H2,1-3H3. The van der Waals surface area contributed by atoms with Crippen LogP contribution in [0.15, 0.2) is 0 Å². The SMILES string of the molecule is CC(C)(C)S(=O)(=O)N1CC(O)N(S(=O)(=O)C(C)(C)C)CC1O.CC(C)(C)S(=O)(=O)NCC1OC(O)CN1S(=O)(=O)C(C)(C)C.CC(C)(C)S(=O)(=O)NCC=O. The van der Waals surface area contributed by atoms with E-state index in [0.717, 1.165) is 12.9 Å². The lowest BCUT2D eigenvalue weighted by molar-refractivity contribution is -0.106. The molecule has 2 rings (SSSR count). The number of rotatable bonds is 9. The van der Waals surface area contributed by atoms with Gasteiger partial charge in [-0.3, -0.25) is 0 Å². The van der Waals surface area contributed by atoms with Gasteiger partial charge in [0.2, 0.25) is 50.1 Å². The number of hydrogen-bond donors (Lipinski definition) is 5. The summed E-state index contributed by atoms with van der Waals surface area (Å²) in [4.78, 5) is 9.85. The lowest BCUT2D eigenvalue weighted by Crippen LogP contribution is -2.64. The predicted octanol–water partition coefficient (Wildman–Crippen LogP) is -0.790. The second-order valence-electron chi connectivity index (χ2n) is 17.7. The molecule has 4 unspecified atom stereocenters. The Morgan fingerprint density at radius 1 is 0.527 bits per heavy atom. The highest BCUT2D eigenvalue weighted by Crippen LogP contribution is 2.30. The van der Waals surface area contributed by atoms with Crippen LogP contribution < -0.4 is 9.44 Å². The highest BCUT2D eigenvalue weighted by Gasteiger charge is 2.49. The molecule has 2 aliphatic heterocycles. The zero-order chi connectivity index (χ0) is 44.4. The molecular formula is C30H65N5O15S5. The Morgan fingerprint density at radius 2 is 0.836 bits per heavy atom. The van der Waals surface area contributed by atoms with Gasteiger partial charge in [0.25, 0.3) is 0 Å². The maximum absolute atomic E-state index is 12.5. The van der Waals surface area contributed by atoms with Crippen molar-refractivity contribution in [2.24, 2.45) is 0 Å². The lowest BCUT2D eigenvalue weighted by Gasteiger charge is -2.44. The molecule has 0 aromatic carbocycles. The highest BCUT2D eigenvalue weighted by atomic mass is 32.2. The zero-order valence-electron chi connectivity index (χ0n) is 34.5. The van der Waals surface area contributed by atoms with Gasteiger partial charge in [-0.1, -0.05) is 0 Å². The lowest BCUT2D eigenvalue weighted by atomic mass is 10.3. The van der Waals surface area contributed by atoms with Gasteiger partial charge in [0.15, 0.2) is 6.29 Å². The number of aliphatic hydroxyl groups excluding tert-OH is 3. The van der Waals surface area contributed by atoms with Crippen molar-refractivity contribution >= 4 is 56.4 Å². The van der Waals surface area contributed by atoms with Crippen LogP contribution in [0.3, 0.4) is 0 Å². The minimum atomic E-state index is -3.88. The van der Waals surface area contributed by atoms with Crippen molar-refractivity contribution in [3.05, 3.63) is 0 Å². The van der Waals surface area contributed by atoms with Crippen LogP contribution in [0.5, 0.6) is 0 Å². The summed E-state index contributed by atoms with van der Waals surface area (Å²) in [5, 5.41) is 29.8. The quantitative estimate of drug-likeness (QED) is 0.177. The molecule has 20 nitrogen and oxygen atoms in total. The number of piperazine rings is 1. The molecule has 2 aliphatic rings. The van der Waals surface area contributed by atoms with E-state index in [4.69, 9.17) is 4.74 Å². The zero-order valence-corrected chi connectivity index (χ0v) is 38.6. The Balaban J connectivity index is 0.000000843. The third-order valence-electron chi connectivity index (χ3n) is 7.99. The van der Waals surface area contributed by atoms with Crippen molar-refractivity contribution in [1.29, 1.82) is 0 Å². The largest absolute Gasteiger partial charge is 0.376 e. The maximum atomic E-state index is 12.5. The van der Waals surface area contributed by atoms with Crippen LogP contribution in [0.4, 0.5) is 0 Å². The van der Waals surface area contributed by atoms with Gasteiger partial charge in [-0.15, -0.1) is 0 Å². The molecule has 0 aromatic heterocycles. The van der Waals surface area contributed by atoms with Crippen molar-refractivity contribution in [2.45, 2.75) is 153 Å². The normalized spacial score (nSPS) is 23.7. The average Bonchev–Trinajstić information content (AvgIpc) is 3.34. The molecule has 55 heavy (non-hydrogen) atoms. The number of carbonyl (C=O) groups excluding carboxylic acids is 1. The fourth-order valence-corrected chi connectivity index (χ4v) is 9.86. The average molecular weight is 896 g/mol. The summed E-state index contributed by atoms with van der Waals surface area (Å²) in [7, 11) is -18.5. The van der Waals surface area contributed by atoms with E-state index in [9.17, 15) is 62.2 Å². The first-order valence-corrected chi connectivity index (χ1v) is 24.4. The van der Waals surface area contributed by atoms with Crippen LogP contribution in [0.25, 0.3) is 0 Å². The van der Waals surface area contributed by atoms with Gasteiger partial charge in [-0.25, -0.2) is 51.5 Å². The first-order valence-electron chi connectivity index (χ1n) is 17.1. The Morgan fingerprint density at radius 3 is 1.13 bits per heavy atom. The Hall–Kier alpha value is -0.940. The van der Waals surface area contributed by atoms with Gasteiger partial charge in [-0.05, 0) is 104 Å². The number of aliphatic hydroxyl groups is 3. The molecule has 4 atom stereocenters. The second-order valence-corrected chi connectivity index (χ2v) is 30.6. The van der Waals surface area contributed by atoms with E-state index in [0.29, 0.717) is 6.29 Å². The van der Waals surface area contributed by atoms with Gasteiger partial charge >= 0.3 is 0 Å². The minimum absolute atomic E-state index is 0.153. The number of aldehydes is 1. The molecule has 0 saturated carbocycles. The molecule has 2 saturated heterocycles. The van der Waals surface area contributed by atoms with Gasteiger partial charge in [-0.2, -0.15) is 12.9 Å². The smallest absolute Gasteiger partial charge is 0.221 e. The third-order valence-corrected chi connectivity index (χ3v) is 20.0. The summed E-state index contributed by atoms with van der Waals surface area (Å²) in [6, 6.07) is 0. The van der Waals surface area contributed by atoms with Crippen LogP contribution >= 0.6 is 0 Å². The van der Waals surface area contributed by atoms with E-state index in [2.05, 4.69) is 9.44 Å². The Labute approximate surface area is 329 Å². The summed E-state index contributed by atoms with van der Waals surface area (Å²) in [6.07, 6.45) is -4.91. The fraction of sp³-hybridized carbons (Fsp3) is 0.967. The van der Waals surface area contributed by atoms with Crippen molar-refractivity contribution in [3.8, 4) is 0 Å². The summed E-state index contributed by atoms with van der Waals surface area (Å²) in [6.45, 7) is 21.1. The van der Waals surface area contributed by atoms with E-state index in [1.54, 1.807) is 20.8 Å². The summed E-state index contributed by atoms with van der Waals surface area (Å²) < 4.78 is 128. The first-order chi connectivity index (χ1) is 23.9. The molecule has 5 N–H and O–H groups in total.